The average Bonchev–Trinajstić information content (AvgIpc) is 3.12. The highest BCUT2D eigenvalue weighted by molar-refractivity contribution is 6.39. The van der Waals surface area contributed by atoms with Crippen LogP contribution in [0.15, 0.2) is 18.2 Å². The minimum atomic E-state index is -0.443. The lowest BCUT2D eigenvalue weighted by atomic mass is 9.86. The lowest BCUT2D eigenvalue weighted by Crippen LogP contribution is -2.23. The highest BCUT2D eigenvalue weighted by Gasteiger charge is 2.40. The molecule has 1 aromatic carbocycles. The molecule has 1 aromatic rings. The quantitative estimate of drug-likeness (QED) is 0.801. The van der Waals surface area contributed by atoms with Crippen molar-refractivity contribution >= 4 is 40.8 Å². The standard InChI is InChI=1S/C17H19Cl2NO3/c18-13-2-1-3-14(19)17(13)20-15(21)9-23-16(22)8-12-7-10-4-5-11(12)6-10/h1-3,10-12H,4-9H2,(H,20,21)/t10-,11+,12+/m0/s1. The molecule has 4 nitrogen and oxygen atoms in total. The van der Waals surface area contributed by atoms with Crippen molar-refractivity contribution in [3.05, 3.63) is 28.2 Å². The molecule has 0 spiro atoms. The third-order valence-electron chi connectivity index (χ3n) is 4.90. The van der Waals surface area contributed by atoms with Gasteiger partial charge in [-0.3, -0.25) is 9.59 Å². The molecule has 0 heterocycles. The zero-order valence-corrected chi connectivity index (χ0v) is 14.2. The molecule has 0 unspecified atom stereocenters. The van der Waals surface area contributed by atoms with Crippen molar-refractivity contribution in [3.8, 4) is 0 Å². The number of carbonyl (C=O) groups excluding carboxylic acids is 2. The fraction of sp³-hybridized carbons (Fsp3) is 0.529. The van der Waals surface area contributed by atoms with Crippen molar-refractivity contribution in [2.75, 3.05) is 11.9 Å². The number of nitrogens with one attached hydrogen (secondary N) is 1. The normalized spacial score (nSPS) is 25.4. The van der Waals surface area contributed by atoms with Gasteiger partial charge in [0.05, 0.1) is 15.7 Å². The summed E-state index contributed by atoms with van der Waals surface area (Å²) in [4.78, 5) is 23.8. The smallest absolute Gasteiger partial charge is 0.306 e. The van der Waals surface area contributed by atoms with E-state index in [4.69, 9.17) is 27.9 Å². The Balaban J connectivity index is 1.44. The molecule has 124 valence electrons. The first kappa shape index (κ1) is 16.6. The van der Waals surface area contributed by atoms with E-state index < -0.39 is 5.91 Å². The number of para-hydroxylation sites is 1. The van der Waals surface area contributed by atoms with Crippen LogP contribution in [-0.4, -0.2) is 18.5 Å². The summed E-state index contributed by atoms with van der Waals surface area (Å²) in [5, 5.41) is 3.27. The van der Waals surface area contributed by atoms with Crippen LogP contribution >= 0.6 is 23.2 Å². The number of amides is 1. The minimum Gasteiger partial charge on any atom is -0.456 e. The van der Waals surface area contributed by atoms with E-state index >= 15 is 0 Å². The third kappa shape index (κ3) is 3.99. The molecular weight excluding hydrogens is 337 g/mol. The monoisotopic (exact) mass is 355 g/mol. The van der Waals surface area contributed by atoms with Crippen molar-refractivity contribution in [1.29, 1.82) is 0 Å². The van der Waals surface area contributed by atoms with Gasteiger partial charge in [-0.1, -0.05) is 35.7 Å². The van der Waals surface area contributed by atoms with Crippen LogP contribution in [0.1, 0.15) is 32.1 Å². The Bertz CT molecular complexity index is 600. The van der Waals surface area contributed by atoms with E-state index in [1.54, 1.807) is 18.2 Å². The highest BCUT2D eigenvalue weighted by Crippen LogP contribution is 2.49. The molecule has 2 aliphatic carbocycles. The molecule has 0 radical (unpaired) electrons. The van der Waals surface area contributed by atoms with E-state index in [9.17, 15) is 9.59 Å². The van der Waals surface area contributed by atoms with Gasteiger partial charge >= 0.3 is 5.97 Å². The fourth-order valence-electron chi connectivity index (χ4n) is 3.84. The summed E-state index contributed by atoms with van der Waals surface area (Å²) in [6.45, 7) is -0.318. The van der Waals surface area contributed by atoms with Crippen LogP contribution in [-0.2, 0) is 14.3 Å². The third-order valence-corrected chi connectivity index (χ3v) is 5.53. The largest absolute Gasteiger partial charge is 0.456 e. The summed E-state index contributed by atoms with van der Waals surface area (Å²) >= 11 is 12.0. The number of halogens is 2. The molecule has 0 aliphatic heterocycles. The molecule has 2 aliphatic rings. The predicted molar refractivity (Wildman–Crippen MR) is 89.6 cm³/mol. The highest BCUT2D eigenvalue weighted by atomic mass is 35.5. The Morgan fingerprint density at radius 2 is 1.91 bits per heavy atom. The molecule has 6 heteroatoms. The molecule has 2 saturated carbocycles. The number of esters is 1. The Hall–Kier alpha value is -1.26. The van der Waals surface area contributed by atoms with Crippen LogP contribution in [0.25, 0.3) is 0 Å². The lowest BCUT2D eigenvalue weighted by molar-refractivity contribution is -0.148. The number of hydrogen-bond acceptors (Lipinski definition) is 3. The van der Waals surface area contributed by atoms with Gasteiger partial charge < -0.3 is 10.1 Å². The molecule has 0 aromatic heterocycles. The van der Waals surface area contributed by atoms with Gasteiger partial charge in [0.25, 0.3) is 5.91 Å². The molecule has 3 rings (SSSR count). The van der Waals surface area contributed by atoms with E-state index in [1.165, 1.54) is 19.3 Å². The summed E-state index contributed by atoms with van der Waals surface area (Å²) in [7, 11) is 0. The zero-order valence-electron chi connectivity index (χ0n) is 12.7. The van der Waals surface area contributed by atoms with Gasteiger partial charge in [-0.2, -0.15) is 0 Å². The van der Waals surface area contributed by atoms with E-state index in [0.717, 1.165) is 12.3 Å². The predicted octanol–water partition coefficient (Wildman–Crippen LogP) is 4.30. The van der Waals surface area contributed by atoms with Crippen LogP contribution in [0.2, 0.25) is 10.0 Å². The van der Waals surface area contributed by atoms with Gasteiger partial charge in [0.2, 0.25) is 0 Å². The summed E-state index contributed by atoms with van der Waals surface area (Å²) in [6.07, 6.45) is 5.33. The number of anilines is 1. The summed E-state index contributed by atoms with van der Waals surface area (Å²) < 4.78 is 5.09. The van der Waals surface area contributed by atoms with E-state index in [2.05, 4.69) is 5.32 Å². The van der Waals surface area contributed by atoms with Gasteiger partial charge in [0.15, 0.2) is 6.61 Å². The van der Waals surface area contributed by atoms with Crippen molar-refractivity contribution in [2.24, 2.45) is 17.8 Å². The Morgan fingerprint density at radius 1 is 1.17 bits per heavy atom. The first-order chi connectivity index (χ1) is 11.0. The number of rotatable bonds is 5. The molecule has 1 N–H and O–H groups in total. The zero-order chi connectivity index (χ0) is 16.4. The topological polar surface area (TPSA) is 55.4 Å². The second-order valence-electron chi connectivity index (χ2n) is 6.44. The minimum absolute atomic E-state index is 0.303. The van der Waals surface area contributed by atoms with Gasteiger partial charge in [-0.05, 0) is 49.1 Å². The average molecular weight is 356 g/mol. The summed E-state index contributed by atoms with van der Waals surface area (Å²) in [6, 6.07) is 4.95. The Kier molecular flexibility index (Phi) is 5.12. The van der Waals surface area contributed by atoms with Crippen LogP contribution in [0.3, 0.4) is 0 Å². The number of carbonyl (C=O) groups is 2. The molecular formula is C17H19Cl2NO3. The molecule has 23 heavy (non-hydrogen) atoms. The van der Waals surface area contributed by atoms with E-state index in [0.29, 0.717) is 34.0 Å². The number of ether oxygens (including phenoxy) is 1. The SMILES string of the molecule is O=C(COC(=O)C[C@H]1C[C@H]2CC[C@@H]1C2)Nc1c(Cl)cccc1Cl. The molecule has 3 atom stereocenters. The lowest BCUT2D eigenvalue weighted by Gasteiger charge is -2.20. The van der Waals surface area contributed by atoms with Crippen molar-refractivity contribution < 1.29 is 14.3 Å². The molecule has 2 fully saturated rings. The second kappa shape index (κ2) is 7.10. The molecule has 2 bridgehead atoms. The maximum atomic E-state index is 11.9. The Labute approximate surface area is 145 Å². The van der Waals surface area contributed by atoms with Crippen LogP contribution < -0.4 is 5.32 Å². The van der Waals surface area contributed by atoms with Gasteiger partial charge in [0.1, 0.15) is 0 Å². The number of benzene rings is 1. The number of fused-ring (bicyclic) bond motifs is 2. The van der Waals surface area contributed by atoms with Crippen LogP contribution in [0.4, 0.5) is 5.69 Å². The summed E-state index contributed by atoms with van der Waals surface area (Å²) in [5.41, 5.74) is 0.338. The van der Waals surface area contributed by atoms with Crippen molar-refractivity contribution in [1.82, 2.24) is 0 Å². The number of hydrogen-bond donors (Lipinski definition) is 1. The van der Waals surface area contributed by atoms with Crippen molar-refractivity contribution in [2.45, 2.75) is 32.1 Å². The van der Waals surface area contributed by atoms with Gasteiger partial charge in [0, 0.05) is 6.42 Å². The second-order valence-corrected chi connectivity index (χ2v) is 7.26. The maximum absolute atomic E-state index is 11.9. The summed E-state index contributed by atoms with van der Waals surface area (Å²) in [5.74, 6) is 1.15. The molecule has 1 amide bonds. The fourth-order valence-corrected chi connectivity index (χ4v) is 4.33. The van der Waals surface area contributed by atoms with Gasteiger partial charge in [-0.25, -0.2) is 0 Å². The van der Waals surface area contributed by atoms with Gasteiger partial charge in [-0.15, -0.1) is 0 Å². The first-order valence-electron chi connectivity index (χ1n) is 7.92. The van der Waals surface area contributed by atoms with E-state index in [-0.39, 0.29) is 12.6 Å². The van der Waals surface area contributed by atoms with E-state index in [1.807, 2.05) is 0 Å². The Morgan fingerprint density at radius 3 is 2.52 bits per heavy atom. The molecule has 0 saturated heterocycles. The van der Waals surface area contributed by atoms with Crippen LogP contribution in [0.5, 0.6) is 0 Å². The van der Waals surface area contributed by atoms with Crippen molar-refractivity contribution in [3.63, 3.8) is 0 Å². The maximum Gasteiger partial charge on any atom is 0.306 e. The first-order valence-corrected chi connectivity index (χ1v) is 8.68. The van der Waals surface area contributed by atoms with Crippen LogP contribution in [0, 0.1) is 17.8 Å².